The third-order valence-electron chi connectivity index (χ3n) is 7.03. The minimum absolute atomic E-state index is 0.228. The van der Waals surface area contributed by atoms with Crippen molar-refractivity contribution in [1.29, 1.82) is 0 Å². The Kier molecular flexibility index (Phi) is 4.69. The van der Waals surface area contributed by atoms with E-state index in [2.05, 4.69) is 31.2 Å². The summed E-state index contributed by atoms with van der Waals surface area (Å²) in [5.74, 6) is 3.40. The maximum absolute atomic E-state index is 13.4. The second-order valence-corrected chi connectivity index (χ2v) is 9.13. The lowest BCUT2D eigenvalue weighted by molar-refractivity contribution is 0.374. The van der Waals surface area contributed by atoms with Crippen molar-refractivity contribution in [2.45, 2.75) is 38.8 Å². The molecule has 2 fully saturated rings. The van der Waals surface area contributed by atoms with E-state index in [4.69, 9.17) is 10.1 Å². The van der Waals surface area contributed by atoms with Crippen LogP contribution in [-0.2, 0) is 6.54 Å². The summed E-state index contributed by atoms with van der Waals surface area (Å²) in [6.07, 6.45) is 5.05. The molecule has 0 amide bonds. The number of hydrogen-bond acceptors (Lipinski definition) is 7. The Morgan fingerprint density at radius 3 is 2.56 bits per heavy atom. The van der Waals surface area contributed by atoms with Crippen LogP contribution in [0, 0.1) is 24.6 Å². The number of benzene rings is 1. The van der Waals surface area contributed by atoms with Crippen molar-refractivity contribution in [3.8, 4) is 0 Å². The smallest absolute Gasteiger partial charge is 0.244 e. The minimum atomic E-state index is -0.228. The lowest BCUT2D eigenvalue weighted by Gasteiger charge is -2.38. The molecule has 0 unspecified atom stereocenters. The molecule has 1 aromatic carbocycles. The zero-order chi connectivity index (χ0) is 21.7. The van der Waals surface area contributed by atoms with E-state index >= 15 is 0 Å². The van der Waals surface area contributed by atoms with Crippen molar-refractivity contribution in [2.24, 2.45) is 11.8 Å². The highest BCUT2D eigenvalue weighted by atomic mass is 19.1. The summed E-state index contributed by atoms with van der Waals surface area (Å²) in [7, 11) is 0. The van der Waals surface area contributed by atoms with Gasteiger partial charge < -0.3 is 15.1 Å². The van der Waals surface area contributed by atoms with Gasteiger partial charge in [-0.05, 0) is 62.3 Å². The molecule has 2 bridgehead atoms. The highest BCUT2D eigenvalue weighted by Gasteiger charge is 2.43. The average Bonchev–Trinajstić information content (AvgIpc) is 3.30. The number of nitrogens with zero attached hydrogens (tertiary/aromatic N) is 7. The maximum Gasteiger partial charge on any atom is 0.244 e. The fraction of sp³-hybridized carbons (Fsp3) is 0.478. The highest BCUT2D eigenvalue weighted by molar-refractivity contribution is 5.59. The van der Waals surface area contributed by atoms with E-state index in [0.29, 0.717) is 23.8 Å². The van der Waals surface area contributed by atoms with Crippen molar-refractivity contribution in [3.05, 3.63) is 48.2 Å². The summed E-state index contributed by atoms with van der Waals surface area (Å²) in [5.41, 5.74) is 1.95. The van der Waals surface area contributed by atoms with Crippen LogP contribution in [0.4, 0.5) is 27.8 Å². The average molecular weight is 435 g/mol. The summed E-state index contributed by atoms with van der Waals surface area (Å²) in [5, 5.41) is 8.44. The normalized spacial score (nSPS) is 24.5. The zero-order valence-corrected chi connectivity index (χ0v) is 18.2. The molecular formula is C23H27FN8. The molecule has 6 rings (SSSR count). The van der Waals surface area contributed by atoms with E-state index in [9.17, 15) is 4.39 Å². The summed E-state index contributed by atoms with van der Waals surface area (Å²) >= 11 is 0. The first-order valence-electron chi connectivity index (χ1n) is 11.4. The Morgan fingerprint density at radius 1 is 1.03 bits per heavy atom. The summed E-state index contributed by atoms with van der Waals surface area (Å²) in [6.45, 7) is 5.68. The van der Waals surface area contributed by atoms with Gasteiger partial charge in [0.15, 0.2) is 0 Å². The van der Waals surface area contributed by atoms with E-state index in [1.165, 1.54) is 25.0 Å². The summed E-state index contributed by atoms with van der Waals surface area (Å²) in [4.78, 5) is 18.1. The first-order valence-corrected chi connectivity index (χ1v) is 11.4. The molecule has 4 heterocycles. The van der Waals surface area contributed by atoms with Gasteiger partial charge in [-0.3, -0.25) is 0 Å². The molecule has 32 heavy (non-hydrogen) atoms. The van der Waals surface area contributed by atoms with Gasteiger partial charge in [-0.15, -0.1) is 5.10 Å². The third kappa shape index (κ3) is 3.45. The van der Waals surface area contributed by atoms with Crippen LogP contribution < -0.4 is 15.1 Å². The molecule has 1 saturated heterocycles. The molecular weight excluding hydrogens is 407 g/mol. The Hall–Kier alpha value is -3.23. The van der Waals surface area contributed by atoms with Crippen LogP contribution in [0.1, 0.15) is 25.0 Å². The molecule has 0 spiro atoms. The molecule has 1 saturated carbocycles. The number of aromatic nitrogens is 5. The maximum atomic E-state index is 13.4. The minimum Gasteiger partial charge on any atom is -0.356 e. The number of nitrogens with one attached hydrogen (secondary N) is 1. The molecule has 3 atom stereocenters. The molecule has 3 aliphatic rings. The van der Waals surface area contributed by atoms with Crippen molar-refractivity contribution < 1.29 is 4.39 Å². The Labute approximate surface area is 186 Å². The van der Waals surface area contributed by atoms with E-state index in [0.717, 1.165) is 55.7 Å². The zero-order valence-electron chi connectivity index (χ0n) is 18.2. The second kappa shape index (κ2) is 7.72. The van der Waals surface area contributed by atoms with Gasteiger partial charge in [0.05, 0.1) is 0 Å². The lowest BCUT2D eigenvalue weighted by atomic mass is 9.92. The predicted octanol–water partition coefficient (Wildman–Crippen LogP) is 3.38. The van der Waals surface area contributed by atoms with Crippen LogP contribution in [0.3, 0.4) is 0 Å². The van der Waals surface area contributed by atoms with E-state index < -0.39 is 0 Å². The van der Waals surface area contributed by atoms with Gasteiger partial charge in [-0.1, -0.05) is 0 Å². The molecule has 2 aliphatic heterocycles. The second-order valence-electron chi connectivity index (χ2n) is 9.13. The summed E-state index contributed by atoms with van der Waals surface area (Å²) in [6, 6.07) is 9.04. The van der Waals surface area contributed by atoms with Crippen LogP contribution in [0.25, 0.3) is 0 Å². The molecule has 9 heteroatoms. The molecule has 0 radical (unpaired) electrons. The molecule has 166 valence electrons. The fourth-order valence-electron chi connectivity index (χ4n) is 5.50. The number of piperidine rings is 1. The monoisotopic (exact) mass is 434 g/mol. The van der Waals surface area contributed by atoms with Crippen LogP contribution >= 0.6 is 0 Å². The number of hydrogen-bond donors (Lipinski definition) is 1. The molecule has 2 aromatic heterocycles. The number of anilines is 4. The number of fused-ring (bicyclic) bond motifs is 3. The van der Waals surface area contributed by atoms with Crippen LogP contribution in [0.2, 0.25) is 0 Å². The van der Waals surface area contributed by atoms with Crippen LogP contribution in [0.15, 0.2) is 36.7 Å². The van der Waals surface area contributed by atoms with E-state index in [1.807, 2.05) is 11.6 Å². The number of halogens is 1. The molecule has 1 aliphatic carbocycles. The molecule has 1 N–H and O–H groups in total. The van der Waals surface area contributed by atoms with Crippen molar-refractivity contribution in [3.63, 3.8) is 0 Å². The van der Waals surface area contributed by atoms with Gasteiger partial charge in [0.25, 0.3) is 0 Å². The quantitative estimate of drug-likeness (QED) is 0.675. The van der Waals surface area contributed by atoms with Gasteiger partial charge in [0, 0.05) is 49.7 Å². The molecule has 8 nitrogen and oxygen atoms in total. The Balaban J connectivity index is 1.20. The van der Waals surface area contributed by atoms with Gasteiger partial charge in [0.2, 0.25) is 11.9 Å². The highest BCUT2D eigenvalue weighted by Crippen LogP contribution is 2.40. The third-order valence-corrected chi connectivity index (χ3v) is 7.03. The summed E-state index contributed by atoms with van der Waals surface area (Å²) < 4.78 is 15.3. The lowest BCUT2D eigenvalue weighted by Crippen LogP contribution is -2.48. The van der Waals surface area contributed by atoms with Crippen LogP contribution in [-0.4, -0.2) is 50.4 Å². The number of rotatable bonds is 4. The predicted molar refractivity (Wildman–Crippen MR) is 121 cm³/mol. The largest absolute Gasteiger partial charge is 0.356 e. The molecule has 3 aromatic rings. The standard InChI is InChI=1S/C23H27FN8/c1-15-11-20(26-14-25-15)30-12-16-3-4-17(13-30)21(16)27-22-28-23-31(9-2-10-32(23)29-22)19-7-5-18(24)6-8-19/h5-8,11,14,16-17,21H,2-4,9-10,12-13H2,1H3,(H,27,29)/t16-,17+,21-. The number of aryl methyl sites for hydroxylation is 2. The fourth-order valence-corrected chi connectivity index (χ4v) is 5.50. The van der Waals surface area contributed by atoms with Gasteiger partial charge in [0.1, 0.15) is 18.0 Å². The van der Waals surface area contributed by atoms with Crippen molar-refractivity contribution >= 4 is 23.4 Å². The van der Waals surface area contributed by atoms with E-state index in [-0.39, 0.29) is 5.82 Å². The SMILES string of the molecule is Cc1cc(N2C[C@H]3CC[C@@H](C2)[C@@H]3Nc2nc3n(n2)CCCN3c2ccc(F)cc2)ncn1. The van der Waals surface area contributed by atoms with Crippen molar-refractivity contribution in [2.75, 3.05) is 34.8 Å². The first-order chi connectivity index (χ1) is 15.6. The topological polar surface area (TPSA) is 75.0 Å². The van der Waals surface area contributed by atoms with E-state index in [1.54, 1.807) is 18.5 Å². The van der Waals surface area contributed by atoms with Gasteiger partial charge in [-0.25, -0.2) is 19.0 Å². The van der Waals surface area contributed by atoms with Gasteiger partial charge in [-0.2, -0.15) is 4.98 Å². The Morgan fingerprint density at radius 2 is 1.81 bits per heavy atom. The van der Waals surface area contributed by atoms with Crippen molar-refractivity contribution in [1.82, 2.24) is 24.7 Å². The van der Waals surface area contributed by atoms with Gasteiger partial charge >= 0.3 is 0 Å². The van der Waals surface area contributed by atoms with Crippen LogP contribution in [0.5, 0.6) is 0 Å². The first kappa shape index (κ1) is 19.5. The Bertz CT molecular complexity index is 1100.